The number of benzene rings is 1. The Balaban J connectivity index is 1.85. The molecule has 0 saturated carbocycles. The molecular weight excluding hydrogens is 280 g/mol. The van der Waals surface area contributed by atoms with Crippen LogP contribution in [0, 0.1) is 0 Å². The van der Waals surface area contributed by atoms with Gasteiger partial charge in [0, 0.05) is 9.80 Å². The number of aromatic carboxylic acids is 1. The van der Waals surface area contributed by atoms with Crippen molar-refractivity contribution in [2.45, 2.75) is 23.7 Å². The minimum absolute atomic E-state index is 0.238. The minimum Gasteiger partial charge on any atom is -0.478 e. The molecule has 2 heterocycles. The van der Waals surface area contributed by atoms with E-state index in [9.17, 15) is 4.79 Å². The molecule has 1 N–H and O–H groups in total. The van der Waals surface area contributed by atoms with Gasteiger partial charge in [-0.1, -0.05) is 17.8 Å². The maximum Gasteiger partial charge on any atom is 0.411 e. The smallest absolute Gasteiger partial charge is 0.411 e. The summed E-state index contributed by atoms with van der Waals surface area (Å²) in [6.45, 7) is 0. The molecule has 0 aromatic heterocycles. The fourth-order valence-electron chi connectivity index (χ4n) is 2.30. The van der Waals surface area contributed by atoms with Gasteiger partial charge in [-0.05, 0) is 37.1 Å². The monoisotopic (exact) mass is 290 g/mol. The summed E-state index contributed by atoms with van der Waals surface area (Å²) in [5.41, 5.74) is 0.942. The molecule has 6 heteroatoms. The number of hydrogen-bond donors (Lipinski definition) is 1. The highest BCUT2D eigenvalue weighted by Crippen LogP contribution is 2.53. The molecule has 0 unspecified atom stereocenters. The van der Waals surface area contributed by atoms with Crippen LogP contribution in [0.2, 0.25) is 0 Å². The van der Waals surface area contributed by atoms with Crippen molar-refractivity contribution in [3.8, 4) is 0 Å². The van der Waals surface area contributed by atoms with Gasteiger partial charge in [-0.3, -0.25) is 0 Å². The van der Waals surface area contributed by atoms with E-state index in [4.69, 9.17) is 19.6 Å². The van der Waals surface area contributed by atoms with E-state index in [2.05, 4.69) is 0 Å². The number of carbonyl (C=O) groups is 1. The van der Waals surface area contributed by atoms with Gasteiger partial charge in [-0.2, -0.15) is 0 Å². The number of carboxylic acid groups (broad SMARTS) is 1. The van der Waals surface area contributed by atoms with E-state index in [-0.39, 0.29) is 5.56 Å². The van der Waals surface area contributed by atoms with E-state index in [0.717, 1.165) is 28.4 Å². The van der Waals surface area contributed by atoms with E-state index in [1.54, 1.807) is 12.1 Å². The van der Waals surface area contributed by atoms with Gasteiger partial charge in [0.25, 0.3) is 0 Å². The molecule has 1 aliphatic carbocycles. The lowest BCUT2D eigenvalue weighted by Gasteiger charge is -2.13. The quantitative estimate of drug-likeness (QED) is 0.633. The molecule has 1 saturated heterocycles. The predicted octanol–water partition coefficient (Wildman–Crippen LogP) is 3.14. The molecule has 1 aromatic carbocycles. The standard InChI is InChI=1S/C14H10O5S/c15-13(16)8-5-6-9-12(7-8)20-11-4-2-1-3-10(11)17-14(9)18-19-14/h1,3,5-7H,2,4H2,(H,15,16). The van der Waals surface area contributed by atoms with Crippen LogP contribution >= 0.6 is 11.8 Å². The zero-order valence-electron chi connectivity index (χ0n) is 10.3. The Bertz CT molecular complexity index is 672. The summed E-state index contributed by atoms with van der Waals surface area (Å²) in [7, 11) is 0. The second-order valence-corrected chi connectivity index (χ2v) is 5.81. The molecule has 5 nitrogen and oxygen atoms in total. The molecule has 1 aromatic rings. The average Bonchev–Trinajstić information content (AvgIpc) is 3.23. The number of carboxylic acids is 1. The fraction of sp³-hybridized carbons (Fsp3) is 0.214. The average molecular weight is 290 g/mol. The van der Waals surface area contributed by atoms with Crippen LogP contribution in [0.5, 0.6) is 0 Å². The van der Waals surface area contributed by atoms with Crippen molar-refractivity contribution >= 4 is 17.7 Å². The summed E-state index contributed by atoms with van der Waals surface area (Å²) in [6.07, 6.45) is 5.75. The second kappa shape index (κ2) is 4.12. The molecule has 0 radical (unpaired) electrons. The summed E-state index contributed by atoms with van der Waals surface area (Å²) in [5.74, 6) is -1.44. The van der Waals surface area contributed by atoms with Crippen LogP contribution in [0.1, 0.15) is 28.8 Å². The lowest BCUT2D eigenvalue weighted by atomic mass is 10.1. The third-order valence-corrected chi connectivity index (χ3v) is 4.56. The van der Waals surface area contributed by atoms with Crippen molar-refractivity contribution in [2.24, 2.45) is 0 Å². The molecule has 1 spiro atoms. The third kappa shape index (κ3) is 1.76. The Kier molecular flexibility index (Phi) is 2.47. The first-order chi connectivity index (χ1) is 9.68. The first kappa shape index (κ1) is 12.0. The normalized spacial score (nSPS) is 21.8. The largest absolute Gasteiger partial charge is 0.478 e. The number of hydrogen-bond acceptors (Lipinski definition) is 5. The van der Waals surface area contributed by atoms with E-state index in [0.29, 0.717) is 5.56 Å². The highest BCUT2D eigenvalue weighted by Gasteiger charge is 2.57. The van der Waals surface area contributed by atoms with Gasteiger partial charge < -0.3 is 9.84 Å². The Hall–Kier alpha value is -1.76. The van der Waals surface area contributed by atoms with Gasteiger partial charge in [0.15, 0.2) is 0 Å². The van der Waals surface area contributed by atoms with Crippen LogP contribution in [0.15, 0.2) is 45.9 Å². The second-order valence-electron chi connectivity index (χ2n) is 4.67. The van der Waals surface area contributed by atoms with Crippen molar-refractivity contribution in [3.63, 3.8) is 0 Å². The van der Waals surface area contributed by atoms with Crippen molar-refractivity contribution in [1.82, 2.24) is 0 Å². The van der Waals surface area contributed by atoms with Crippen LogP contribution in [-0.2, 0) is 20.5 Å². The van der Waals surface area contributed by atoms with Gasteiger partial charge >= 0.3 is 11.9 Å². The van der Waals surface area contributed by atoms with Gasteiger partial charge in [-0.15, -0.1) is 9.78 Å². The lowest BCUT2D eigenvalue weighted by molar-refractivity contribution is -0.00913. The van der Waals surface area contributed by atoms with Crippen molar-refractivity contribution in [2.75, 3.05) is 0 Å². The van der Waals surface area contributed by atoms with Crippen LogP contribution in [0.4, 0.5) is 0 Å². The van der Waals surface area contributed by atoms with E-state index in [1.807, 2.05) is 12.2 Å². The maximum atomic E-state index is 11.1. The topological polar surface area (TPSA) is 71.6 Å². The summed E-state index contributed by atoms with van der Waals surface area (Å²) < 4.78 is 5.82. The van der Waals surface area contributed by atoms with Crippen molar-refractivity contribution < 1.29 is 24.4 Å². The van der Waals surface area contributed by atoms with Crippen LogP contribution in [0.25, 0.3) is 0 Å². The van der Waals surface area contributed by atoms with Gasteiger partial charge in [0.1, 0.15) is 5.76 Å². The highest BCUT2D eigenvalue weighted by atomic mass is 32.2. The van der Waals surface area contributed by atoms with E-state index < -0.39 is 11.9 Å². The van der Waals surface area contributed by atoms with E-state index >= 15 is 0 Å². The first-order valence-corrected chi connectivity index (χ1v) is 7.01. The zero-order valence-corrected chi connectivity index (χ0v) is 11.1. The molecule has 0 atom stereocenters. The molecule has 4 rings (SSSR count). The van der Waals surface area contributed by atoms with Crippen molar-refractivity contribution in [1.29, 1.82) is 0 Å². The molecular formula is C14H10O5S. The number of rotatable bonds is 1. The molecule has 0 bridgehead atoms. The van der Waals surface area contributed by atoms with Crippen LogP contribution < -0.4 is 0 Å². The van der Waals surface area contributed by atoms with Crippen molar-refractivity contribution in [3.05, 3.63) is 52.1 Å². The molecule has 2 aliphatic heterocycles. The lowest BCUT2D eigenvalue weighted by Crippen LogP contribution is -2.13. The highest BCUT2D eigenvalue weighted by molar-refractivity contribution is 8.03. The summed E-state index contributed by atoms with van der Waals surface area (Å²) in [5, 5.41) is 9.11. The molecule has 102 valence electrons. The third-order valence-electron chi connectivity index (χ3n) is 3.35. The van der Waals surface area contributed by atoms with Gasteiger partial charge in [0.2, 0.25) is 0 Å². The van der Waals surface area contributed by atoms with E-state index in [1.165, 1.54) is 17.8 Å². The minimum atomic E-state index is -1.21. The van der Waals surface area contributed by atoms with Gasteiger partial charge in [-0.25, -0.2) is 4.79 Å². The predicted molar refractivity (Wildman–Crippen MR) is 69.6 cm³/mol. The fourth-order valence-corrected chi connectivity index (χ4v) is 3.48. The molecule has 20 heavy (non-hydrogen) atoms. The summed E-state index contributed by atoms with van der Waals surface area (Å²) in [6, 6.07) is 4.84. The summed E-state index contributed by atoms with van der Waals surface area (Å²) >= 11 is 1.52. The Labute approximate surface area is 118 Å². The molecule has 0 amide bonds. The number of fused-ring (bicyclic) bond motifs is 2. The SMILES string of the molecule is O=C(O)c1ccc2c(c1)SC1=C(C=CCC1)OC21OO1. The van der Waals surface area contributed by atoms with Crippen LogP contribution in [0.3, 0.4) is 0 Å². The number of ether oxygens (including phenoxy) is 1. The first-order valence-electron chi connectivity index (χ1n) is 6.19. The Morgan fingerprint density at radius 1 is 1.35 bits per heavy atom. The number of thioether (sulfide) groups is 1. The Morgan fingerprint density at radius 2 is 2.20 bits per heavy atom. The van der Waals surface area contributed by atoms with Crippen LogP contribution in [-0.4, -0.2) is 11.1 Å². The van der Waals surface area contributed by atoms with Gasteiger partial charge in [0.05, 0.1) is 11.1 Å². The zero-order chi connectivity index (χ0) is 13.7. The number of allylic oxidation sites excluding steroid dienone is 3. The molecule has 1 fully saturated rings. The summed E-state index contributed by atoms with van der Waals surface area (Å²) in [4.78, 5) is 23.0. The molecule has 3 aliphatic rings. The Morgan fingerprint density at radius 3 is 2.95 bits per heavy atom. The maximum absolute atomic E-state index is 11.1.